The van der Waals surface area contributed by atoms with Gasteiger partial charge in [0.2, 0.25) is 0 Å². The number of amides is 2. The van der Waals surface area contributed by atoms with Crippen molar-refractivity contribution in [3.05, 3.63) is 76.5 Å². The van der Waals surface area contributed by atoms with Gasteiger partial charge in [-0.2, -0.15) is 5.10 Å². The number of ether oxygens (including phenoxy) is 1. The molecular weight excluding hydrogens is 443 g/mol. The molecule has 9 heteroatoms. The number of aryl methyl sites for hydroxylation is 1. The number of fused-ring (bicyclic) bond motifs is 1. The SMILES string of the molecule is CCc1nn(-c2ccc(OC)cc2)c2sc(C(=O)NCCNC(=O)c3ccccc3F)cc12. The molecule has 7 nitrogen and oxygen atoms in total. The van der Waals surface area contributed by atoms with Crippen LogP contribution in [0.3, 0.4) is 0 Å². The van der Waals surface area contributed by atoms with Crippen LogP contribution in [0.15, 0.2) is 54.6 Å². The largest absolute Gasteiger partial charge is 0.497 e. The molecule has 0 atom stereocenters. The molecule has 0 saturated carbocycles. The van der Waals surface area contributed by atoms with Crippen LogP contribution in [0.1, 0.15) is 32.6 Å². The fraction of sp³-hybridized carbons (Fsp3) is 0.208. The summed E-state index contributed by atoms with van der Waals surface area (Å²) in [6.45, 7) is 2.43. The Kier molecular flexibility index (Phi) is 6.69. The van der Waals surface area contributed by atoms with Crippen LogP contribution in [-0.4, -0.2) is 41.8 Å². The lowest BCUT2D eigenvalue weighted by Crippen LogP contribution is -2.34. The van der Waals surface area contributed by atoms with Gasteiger partial charge in [0.15, 0.2) is 0 Å². The number of carbonyl (C=O) groups is 2. The van der Waals surface area contributed by atoms with Crippen molar-refractivity contribution in [2.75, 3.05) is 20.2 Å². The maximum absolute atomic E-state index is 13.7. The molecule has 0 unspecified atom stereocenters. The van der Waals surface area contributed by atoms with Crippen LogP contribution in [0.25, 0.3) is 15.9 Å². The van der Waals surface area contributed by atoms with Crippen molar-refractivity contribution in [1.29, 1.82) is 0 Å². The zero-order valence-corrected chi connectivity index (χ0v) is 19.0. The third-order valence-electron chi connectivity index (χ3n) is 5.13. The van der Waals surface area contributed by atoms with Gasteiger partial charge in [0.1, 0.15) is 16.4 Å². The summed E-state index contributed by atoms with van der Waals surface area (Å²) in [4.78, 5) is 26.2. The molecule has 2 N–H and O–H groups in total. The van der Waals surface area contributed by atoms with E-state index in [1.54, 1.807) is 13.2 Å². The first-order chi connectivity index (χ1) is 16.0. The second kappa shape index (κ2) is 9.83. The summed E-state index contributed by atoms with van der Waals surface area (Å²) < 4.78 is 20.7. The van der Waals surface area contributed by atoms with Crippen LogP contribution >= 0.6 is 11.3 Å². The third kappa shape index (κ3) is 4.73. The molecule has 2 amide bonds. The molecule has 2 heterocycles. The number of nitrogens with zero attached hydrogens (tertiary/aromatic N) is 2. The molecular formula is C24H23FN4O3S. The molecule has 170 valence electrons. The summed E-state index contributed by atoms with van der Waals surface area (Å²) in [6.07, 6.45) is 0.736. The molecule has 2 aromatic heterocycles. The van der Waals surface area contributed by atoms with Crippen molar-refractivity contribution < 1.29 is 18.7 Å². The van der Waals surface area contributed by atoms with Gasteiger partial charge >= 0.3 is 0 Å². The summed E-state index contributed by atoms with van der Waals surface area (Å²) in [7, 11) is 1.62. The number of nitrogens with one attached hydrogen (secondary N) is 2. The highest BCUT2D eigenvalue weighted by Gasteiger charge is 2.18. The lowest BCUT2D eigenvalue weighted by Gasteiger charge is -2.07. The Morgan fingerprint density at radius 2 is 1.76 bits per heavy atom. The van der Waals surface area contributed by atoms with Crippen molar-refractivity contribution in [2.45, 2.75) is 13.3 Å². The van der Waals surface area contributed by atoms with Crippen LogP contribution in [0.5, 0.6) is 5.75 Å². The minimum atomic E-state index is -0.582. The topological polar surface area (TPSA) is 85.2 Å². The van der Waals surface area contributed by atoms with E-state index >= 15 is 0 Å². The van der Waals surface area contributed by atoms with Crippen LogP contribution < -0.4 is 15.4 Å². The highest BCUT2D eigenvalue weighted by Crippen LogP contribution is 2.31. The Morgan fingerprint density at radius 1 is 1.06 bits per heavy atom. The highest BCUT2D eigenvalue weighted by molar-refractivity contribution is 7.20. The molecule has 0 fully saturated rings. The summed E-state index contributed by atoms with van der Waals surface area (Å²) in [6, 6.07) is 15.2. The van der Waals surface area contributed by atoms with E-state index in [-0.39, 0.29) is 24.6 Å². The molecule has 0 aliphatic carbocycles. The molecule has 0 aliphatic rings. The van der Waals surface area contributed by atoms with Gasteiger partial charge in [0, 0.05) is 18.5 Å². The van der Waals surface area contributed by atoms with Gasteiger partial charge in [-0.05, 0) is 48.9 Å². The van der Waals surface area contributed by atoms with Crippen molar-refractivity contribution in [2.24, 2.45) is 0 Å². The second-order valence-corrected chi connectivity index (χ2v) is 8.26. The molecule has 4 aromatic rings. The van der Waals surface area contributed by atoms with Crippen molar-refractivity contribution in [3.8, 4) is 11.4 Å². The summed E-state index contributed by atoms with van der Waals surface area (Å²) >= 11 is 1.36. The maximum Gasteiger partial charge on any atom is 0.261 e. The quantitative estimate of drug-likeness (QED) is 0.385. The highest BCUT2D eigenvalue weighted by atomic mass is 32.1. The first-order valence-electron chi connectivity index (χ1n) is 10.5. The maximum atomic E-state index is 13.7. The lowest BCUT2D eigenvalue weighted by atomic mass is 10.2. The summed E-state index contributed by atoms with van der Waals surface area (Å²) in [5.41, 5.74) is 1.77. The minimum Gasteiger partial charge on any atom is -0.497 e. The summed E-state index contributed by atoms with van der Waals surface area (Å²) in [5.74, 6) is -0.579. The Labute approximate surface area is 194 Å². The van der Waals surface area contributed by atoms with Crippen molar-refractivity contribution >= 4 is 33.4 Å². The van der Waals surface area contributed by atoms with Gasteiger partial charge in [-0.25, -0.2) is 9.07 Å². The van der Waals surface area contributed by atoms with Crippen molar-refractivity contribution in [1.82, 2.24) is 20.4 Å². The van der Waals surface area contributed by atoms with Gasteiger partial charge in [-0.1, -0.05) is 19.1 Å². The number of hydrogen-bond acceptors (Lipinski definition) is 5. The average molecular weight is 467 g/mol. The lowest BCUT2D eigenvalue weighted by molar-refractivity contribution is 0.0927. The van der Waals surface area contributed by atoms with Gasteiger partial charge < -0.3 is 15.4 Å². The zero-order valence-electron chi connectivity index (χ0n) is 18.2. The molecule has 0 aliphatic heterocycles. The van der Waals surface area contributed by atoms with E-state index in [0.717, 1.165) is 33.8 Å². The average Bonchev–Trinajstić information content (AvgIpc) is 3.41. The monoisotopic (exact) mass is 466 g/mol. The fourth-order valence-corrected chi connectivity index (χ4v) is 4.49. The van der Waals surface area contributed by atoms with Gasteiger partial charge in [-0.15, -0.1) is 11.3 Å². The number of rotatable bonds is 8. The Hall–Kier alpha value is -3.72. The van der Waals surface area contributed by atoms with Crippen LogP contribution in [-0.2, 0) is 6.42 Å². The Morgan fingerprint density at radius 3 is 2.42 bits per heavy atom. The van der Waals surface area contributed by atoms with Gasteiger partial charge in [0.05, 0.1) is 28.9 Å². The fourth-order valence-electron chi connectivity index (χ4n) is 3.42. The zero-order chi connectivity index (χ0) is 23.4. The van der Waals surface area contributed by atoms with Crippen molar-refractivity contribution in [3.63, 3.8) is 0 Å². The number of thiophene rings is 1. The van der Waals surface area contributed by atoms with Crippen LogP contribution in [0.4, 0.5) is 4.39 Å². The van der Waals surface area contributed by atoms with Gasteiger partial charge in [0.25, 0.3) is 11.8 Å². The predicted molar refractivity (Wildman–Crippen MR) is 126 cm³/mol. The number of aromatic nitrogens is 2. The molecule has 0 bridgehead atoms. The normalized spacial score (nSPS) is 10.9. The second-order valence-electron chi connectivity index (χ2n) is 7.23. The number of carbonyl (C=O) groups excluding carboxylic acids is 2. The van der Waals surface area contributed by atoms with E-state index in [0.29, 0.717) is 4.88 Å². The molecule has 2 aromatic carbocycles. The van der Waals surface area contributed by atoms with Crippen LogP contribution in [0.2, 0.25) is 0 Å². The molecule has 4 rings (SSSR count). The van der Waals surface area contributed by atoms with E-state index < -0.39 is 11.7 Å². The van der Waals surface area contributed by atoms with Crippen LogP contribution in [0, 0.1) is 5.82 Å². The smallest absolute Gasteiger partial charge is 0.261 e. The molecule has 33 heavy (non-hydrogen) atoms. The Bertz CT molecular complexity index is 1300. The van der Waals surface area contributed by atoms with E-state index in [1.807, 2.05) is 41.9 Å². The number of halogens is 1. The number of hydrogen-bond donors (Lipinski definition) is 2. The van der Waals surface area contributed by atoms with E-state index in [1.165, 1.54) is 29.5 Å². The number of methoxy groups -OCH3 is 1. The first-order valence-corrected chi connectivity index (χ1v) is 11.3. The molecule has 0 radical (unpaired) electrons. The Balaban J connectivity index is 1.43. The van der Waals surface area contributed by atoms with E-state index in [2.05, 4.69) is 10.6 Å². The van der Waals surface area contributed by atoms with E-state index in [9.17, 15) is 14.0 Å². The minimum absolute atomic E-state index is 0.0245. The number of benzene rings is 2. The van der Waals surface area contributed by atoms with Gasteiger partial charge in [-0.3, -0.25) is 9.59 Å². The molecule has 0 saturated heterocycles. The summed E-state index contributed by atoms with van der Waals surface area (Å²) in [5, 5.41) is 11.1. The molecule has 0 spiro atoms. The first kappa shape index (κ1) is 22.5. The predicted octanol–water partition coefficient (Wildman–Crippen LogP) is 3.96. The third-order valence-corrected chi connectivity index (χ3v) is 6.24. The standard InChI is InChI=1S/C24H23FN4O3S/c1-3-20-18-14-21(33-24(18)29(28-20)15-8-10-16(32-2)11-9-15)23(31)27-13-12-26-22(30)17-6-4-5-7-19(17)25/h4-11,14H,3,12-13H2,1-2H3,(H,26,30)(H,27,31). The van der Waals surface area contributed by atoms with E-state index in [4.69, 9.17) is 9.84 Å².